The number of carbonyl (C=O) groups excluding carboxylic acids is 1. The molecule has 1 heterocycles. The Kier molecular flexibility index (Phi) is 5.68. The van der Waals surface area contributed by atoms with Gasteiger partial charge < -0.3 is 20.5 Å². The van der Waals surface area contributed by atoms with Crippen LogP contribution in [0.1, 0.15) is 25.7 Å². The highest BCUT2D eigenvalue weighted by atomic mass is 16.5. The van der Waals surface area contributed by atoms with E-state index < -0.39 is 0 Å². The summed E-state index contributed by atoms with van der Waals surface area (Å²) < 4.78 is 11.0. The number of hydrogen-bond donors (Lipinski definition) is 2. The summed E-state index contributed by atoms with van der Waals surface area (Å²) in [6.07, 6.45) is 3.77. The van der Waals surface area contributed by atoms with Crippen LogP contribution < -0.4 is 15.8 Å². The van der Waals surface area contributed by atoms with Crippen LogP contribution >= 0.6 is 0 Å². The van der Waals surface area contributed by atoms with Crippen LogP contribution in [0.3, 0.4) is 0 Å². The third-order valence-corrected chi connectivity index (χ3v) is 3.32. The second kappa shape index (κ2) is 7.75. The Morgan fingerprint density at radius 3 is 3.05 bits per heavy atom. The molecule has 1 aromatic carbocycles. The van der Waals surface area contributed by atoms with E-state index in [0.717, 1.165) is 25.9 Å². The van der Waals surface area contributed by atoms with Gasteiger partial charge in [0.2, 0.25) is 5.91 Å². The predicted molar refractivity (Wildman–Crippen MR) is 77.6 cm³/mol. The second-order valence-electron chi connectivity index (χ2n) is 4.91. The van der Waals surface area contributed by atoms with Gasteiger partial charge in [0.25, 0.3) is 0 Å². The molecule has 5 nitrogen and oxygen atoms in total. The maximum absolute atomic E-state index is 11.6. The lowest BCUT2D eigenvalue weighted by atomic mass is 10.2. The highest BCUT2D eigenvalue weighted by Gasteiger charge is 2.15. The Labute approximate surface area is 119 Å². The Morgan fingerprint density at radius 1 is 1.45 bits per heavy atom. The minimum absolute atomic E-state index is 0.00232. The molecule has 1 aliphatic rings. The summed E-state index contributed by atoms with van der Waals surface area (Å²) in [5.74, 6) is 0.622. The van der Waals surface area contributed by atoms with E-state index in [0.29, 0.717) is 37.1 Å². The molecule has 110 valence electrons. The average molecular weight is 278 g/mol. The van der Waals surface area contributed by atoms with Crippen molar-refractivity contribution in [2.75, 3.05) is 25.5 Å². The van der Waals surface area contributed by atoms with Gasteiger partial charge in [-0.15, -0.1) is 0 Å². The molecule has 5 heteroatoms. The topological polar surface area (TPSA) is 73.6 Å². The normalized spacial score (nSPS) is 17.9. The molecule has 1 fully saturated rings. The summed E-state index contributed by atoms with van der Waals surface area (Å²) in [7, 11) is 0. The van der Waals surface area contributed by atoms with Gasteiger partial charge >= 0.3 is 0 Å². The van der Waals surface area contributed by atoms with Gasteiger partial charge in [0.1, 0.15) is 5.75 Å². The standard InChI is InChI=1S/C15H22N2O3/c16-13-5-1-2-6-14(13)20-11-8-15(18)17-9-7-12-4-3-10-19-12/h1-2,5-6,12H,3-4,7-11,16H2,(H,17,18). The number of ether oxygens (including phenoxy) is 2. The van der Waals surface area contributed by atoms with E-state index >= 15 is 0 Å². The zero-order chi connectivity index (χ0) is 14.2. The van der Waals surface area contributed by atoms with Crippen molar-refractivity contribution in [1.29, 1.82) is 0 Å². The number of rotatable bonds is 7. The molecule has 1 aromatic rings. The lowest BCUT2D eigenvalue weighted by molar-refractivity contribution is -0.121. The van der Waals surface area contributed by atoms with E-state index in [9.17, 15) is 4.79 Å². The molecule has 0 saturated carbocycles. The van der Waals surface area contributed by atoms with Gasteiger partial charge in [0.15, 0.2) is 0 Å². The fourth-order valence-corrected chi connectivity index (χ4v) is 2.20. The zero-order valence-electron chi connectivity index (χ0n) is 11.6. The van der Waals surface area contributed by atoms with E-state index in [4.69, 9.17) is 15.2 Å². The van der Waals surface area contributed by atoms with Crippen molar-refractivity contribution in [3.8, 4) is 5.75 Å². The number of nitrogens with one attached hydrogen (secondary N) is 1. The number of hydrogen-bond acceptors (Lipinski definition) is 4. The highest BCUT2D eigenvalue weighted by Crippen LogP contribution is 2.19. The van der Waals surface area contributed by atoms with E-state index in [1.807, 2.05) is 12.1 Å². The van der Waals surface area contributed by atoms with Gasteiger partial charge in [-0.25, -0.2) is 0 Å². The fourth-order valence-electron chi connectivity index (χ4n) is 2.20. The summed E-state index contributed by atoms with van der Waals surface area (Å²) in [4.78, 5) is 11.6. The van der Waals surface area contributed by atoms with Gasteiger partial charge in [-0.05, 0) is 31.4 Å². The van der Waals surface area contributed by atoms with Crippen molar-refractivity contribution in [1.82, 2.24) is 5.32 Å². The maximum atomic E-state index is 11.6. The SMILES string of the molecule is Nc1ccccc1OCCC(=O)NCCC1CCCO1. The summed E-state index contributed by atoms with van der Waals surface area (Å²) in [6, 6.07) is 7.27. The van der Waals surface area contributed by atoms with E-state index in [2.05, 4.69) is 5.32 Å². The Balaban J connectivity index is 1.57. The molecule has 0 aliphatic carbocycles. The first-order chi connectivity index (χ1) is 9.75. The molecule has 1 saturated heterocycles. The third kappa shape index (κ3) is 4.74. The second-order valence-corrected chi connectivity index (χ2v) is 4.91. The van der Waals surface area contributed by atoms with Crippen molar-refractivity contribution in [3.63, 3.8) is 0 Å². The first-order valence-corrected chi connectivity index (χ1v) is 7.11. The number of benzene rings is 1. The third-order valence-electron chi connectivity index (χ3n) is 3.32. The quantitative estimate of drug-likeness (QED) is 0.745. The smallest absolute Gasteiger partial charge is 0.223 e. The number of anilines is 1. The van der Waals surface area contributed by atoms with Crippen molar-refractivity contribution in [2.45, 2.75) is 31.8 Å². The number of carbonyl (C=O) groups is 1. The zero-order valence-corrected chi connectivity index (χ0v) is 11.6. The van der Waals surface area contributed by atoms with Crippen LogP contribution in [0.4, 0.5) is 5.69 Å². The first kappa shape index (κ1) is 14.7. The van der Waals surface area contributed by atoms with Gasteiger partial charge in [-0.1, -0.05) is 12.1 Å². The van der Waals surface area contributed by atoms with Crippen LogP contribution in [0.15, 0.2) is 24.3 Å². The molecule has 1 unspecified atom stereocenters. The number of amides is 1. The first-order valence-electron chi connectivity index (χ1n) is 7.11. The van der Waals surface area contributed by atoms with Crippen LogP contribution in [0.25, 0.3) is 0 Å². The molecule has 1 aliphatic heterocycles. The van der Waals surface area contributed by atoms with E-state index in [1.165, 1.54) is 0 Å². The number of nitrogens with two attached hydrogens (primary N) is 1. The van der Waals surface area contributed by atoms with Crippen molar-refractivity contribution in [2.24, 2.45) is 0 Å². The van der Waals surface area contributed by atoms with E-state index in [1.54, 1.807) is 12.1 Å². The molecule has 0 aromatic heterocycles. The lowest BCUT2D eigenvalue weighted by Crippen LogP contribution is -2.28. The number of para-hydroxylation sites is 2. The predicted octanol–water partition coefficient (Wildman–Crippen LogP) is 1.72. The summed E-state index contributed by atoms with van der Waals surface area (Å²) >= 11 is 0. The Hall–Kier alpha value is -1.75. The molecule has 0 bridgehead atoms. The minimum Gasteiger partial charge on any atom is -0.491 e. The van der Waals surface area contributed by atoms with Gasteiger partial charge in [0, 0.05) is 13.2 Å². The van der Waals surface area contributed by atoms with Crippen molar-refractivity contribution >= 4 is 11.6 Å². The summed E-state index contributed by atoms with van der Waals surface area (Å²) in [5, 5.41) is 2.88. The van der Waals surface area contributed by atoms with Gasteiger partial charge in [-0.2, -0.15) is 0 Å². The molecule has 3 N–H and O–H groups in total. The maximum Gasteiger partial charge on any atom is 0.223 e. The minimum atomic E-state index is -0.00232. The highest BCUT2D eigenvalue weighted by molar-refractivity contribution is 5.76. The summed E-state index contributed by atoms with van der Waals surface area (Å²) in [6.45, 7) is 1.85. The Morgan fingerprint density at radius 2 is 2.30 bits per heavy atom. The van der Waals surface area contributed by atoms with Crippen molar-refractivity contribution in [3.05, 3.63) is 24.3 Å². The van der Waals surface area contributed by atoms with Crippen LogP contribution in [0, 0.1) is 0 Å². The molecule has 2 rings (SSSR count). The van der Waals surface area contributed by atoms with Crippen LogP contribution in [0.2, 0.25) is 0 Å². The molecule has 20 heavy (non-hydrogen) atoms. The average Bonchev–Trinajstić information content (AvgIpc) is 2.94. The molecular formula is C15H22N2O3. The van der Waals surface area contributed by atoms with Crippen LogP contribution in [0.5, 0.6) is 5.75 Å². The number of nitrogen functional groups attached to an aromatic ring is 1. The molecule has 1 amide bonds. The molecule has 0 radical (unpaired) electrons. The molecule has 0 spiro atoms. The largest absolute Gasteiger partial charge is 0.491 e. The Bertz CT molecular complexity index is 431. The monoisotopic (exact) mass is 278 g/mol. The molecular weight excluding hydrogens is 256 g/mol. The van der Waals surface area contributed by atoms with Gasteiger partial charge in [-0.3, -0.25) is 4.79 Å². The van der Waals surface area contributed by atoms with E-state index in [-0.39, 0.29) is 5.91 Å². The van der Waals surface area contributed by atoms with Crippen LogP contribution in [-0.4, -0.2) is 31.8 Å². The lowest BCUT2D eigenvalue weighted by Gasteiger charge is -2.11. The summed E-state index contributed by atoms with van der Waals surface area (Å²) in [5.41, 5.74) is 6.34. The fraction of sp³-hybridized carbons (Fsp3) is 0.533. The molecule has 1 atom stereocenters. The van der Waals surface area contributed by atoms with Crippen LogP contribution in [-0.2, 0) is 9.53 Å². The van der Waals surface area contributed by atoms with Gasteiger partial charge in [0.05, 0.1) is 24.8 Å². The van der Waals surface area contributed by atoms with Crippen molar-refractivity contribution < 1.29 is 14.3 Å².